The predicted molar refractivity (Wildman–Crippen MR) is 127 cm³/mol. The SMILES string of the molecule is COc1cc(/C=N\NC(=O)Cn2nnc(-c3ccccc3)n2)ccc1OCc1ccc(C)cc1. The molecule has 0 saturated carbocycles. The fourth-order valence-electron chi connectivity index (χ4n) is 3.08. The van der Waals surface area contributed by atoms with Crippen LogP contribution in [0.25, 0.3) is 11.4 Å². The van der Waals surface area contributed by atoms with Gasteiger partial charge in [0.05, 0.1) is 13.3 Å². The second kappa shape index (κ2) is 10.9. The maximum atomic E-state index is 12.2. The zero-order valence-corrected chi connectivity index (χ0v) is 18.9. The van der Waals surface area contributed by atoms with E-state index in [0.717, 1.165) is 16.7 Å². The van der Waals surface area contributed by atoms with E-state index in [1.165, 1.54) is 16.6 Å². The minimum Gasteiger partial charge on any atom is -0.493 e. The maximum Gasteiger partial charge on any atom is 0.263 e. The summed E-state index contributed by atoms with van der Waals surface area (Å²) in [4.78, 5) is 13.4. The topological polar surface area (TPSA) is 104 Å². The molecule has 34 heavy (non-hydrogen) atoms. The van der Waals surface area contributed by atoms with Gasteiger partial charge in [0.25, 0.3) is 5.91 Å². The molecule has 0 aliphatic carbocycles. The van der Waals surface area contributed by atoms with Crippen molar-refractivity contribution in [2.24, 2.45) is 5.10 Å². The molecule has 1 amide bonds. The Morgan fingerprint density at radius 1 is 1.06 bits per heavy atom. The standard InChI is InChI=1S/C25H24N6O3/c1-18-8-10-19(11-9-18)17-34-22-13-12-20(14-23(22)33-2)15-26-27-24(32)16-31-29-25(28-30-31)21-6-4-3-5-7-21/h3-15H,16-17H2,1-2H3,(H,27,32)/b26-15-. The van der Waals surface area contributed by atoms with Gasteiger partial charge in [0.2, 0.25) is 5.82 Å². The molecule has 0 radical (unpaired) electrons. The second-order valence-corrected chi connectivity index (χ2v) is 7.49. The van der Waals surface area contributed by atoms with Crippen LogP contribution in [0.1, 0.15) is 16.7 Å². The highest BCUT2D eigenvalue weighted by molar-refractivity contribution is 5.83. The number of hydrazone groups is 1. The minimum absolute atomic E-state index is 0.105. The quantitative estimate of drug-likeness (QED) is 0.306. The normalized spacial score (nSPS) is 10.9. The molecule has 0 aliphatic rings. The summed E-state index contributed by atoms with van der Waals surface area (Å²) in [6.07, 6.45) is 1.52. The highest BCUT2D eigenvalue weighted by Gasteiger charge is 2.09. The van der Waals surface area contributed by atoms with Crippen LogP contribution in [-0.4, -0.2) is 39.4 Å². The van der Waals surface area contributed by atoms with Crippen LogP contribution in [0.2, 0.25) is 0 Å². The Morgan fingerprint density at radius 3 is 2.62 bits per heavy atom. The van der Waals surface area contributed by atoms with Crippen LogP contribution in [0, 0.1) is 6.92 Å². The maximum absolute atomic E-state index is 12.2. The Kier molecular flexibility index (Phi) is 7.24. The first kappa shape index (κ1) is 22.7. The number of benzene rings is 3. The van der Waals surface area contributed by atoms with Crippen LogP contribution in [0.5, 0.6) is 11.5 Å². The van der Waals surface area contributed by atoms with E-state index in [2.05, 4.69) is 25.9 Å². The van der Waals surface area contributed by atoms with E-state index < -0.39 is 0 Å². The van der Waals surface area contributed by atoms with E-state index >= 15 is 0 Å². The molecular formula is C25H24N6O3. The Balaban J connectivity index is 1.31. The molecule has 4 rings (SSSR count). The molecule has 0 saturated heterocycles. The van der Waals surface area contributed by atoms with Gasteiger partial charge in [-0.15, -0.1) is 10.2 Å². The van der Waals surface area contributed by atoms with Gasteiger partial charge in [-0.05, 0) is 41.5 Å². The molecule has 1 N–H and O–H groups in total. The summed E-state index contributed by atoms with van der Waals surface area (Å²) in [5, 5.41) is 16.1. The van der Waals surface area contributed by atoms with Crippen LogP contribution in [-0.2, 0) is 17.9 Å². The highest BCUT2D eigenvalue weighted by Crippen LogP contribution is 2.28. The molecule has 4 aromatic rings. The van der Waals surface area contributed by atoms with E-state index in [1.54, 1.807) is 19.2 Å². The van der Waals surface area contributed by atoms with Gasteiger partial charge < -0.3 is 9.47 Å². The van der Waals surface area contributed by atoms with Gasteiger partial charge in [0, 0.05) is 5.56 Å². The smallest absolute Gasteiger partial charge is 0.263 e. The first-order valence-corrected chi connectivity index (χ1v) is 10.6. The molecule has 0 aliphatic heterocycles. The van der Waals surface area contributed by atoms with E-state index in [0.29, 0.717) is 23.9 Å². The van der Waals surface area contributed by atoms with Gasteiger partial charge in [-0.2, -0.15) is 9.90 Å². The number of nitrogens with one attached hydrogen (secondary N) is 1. The molecule has 0 unspecified atom stereocenters. The number of aryl methyl sites for hydroxylation is 1. The fourth-order valence-corrected chi connectivity index (χ4v) is 3.08. The van der Waals surface area contributed by atoms with Crippen LogP contribution in [0.3, 0.4) is 0 Å². The fraction of sp³-hybridized carbons (Fsp3) is 0.160. The third kappa shape index (κ3) is 6.04. The Morgan fingerprint density at radius 2 is 1.85 bits per heavy atom. The summed E-state index contributed by atoms with van der Waals surface area (Å²) >= 11 is 0. The summed E-state index contributed by atoms with van der Waals surface area (Å²) in [5.41, 5.74) is 6.30. The molecular weight excluding hydrogens is 432 g/mol. The van der Waals surface area contributed by atoms with Crippen molar-refractivity contribution >= 4 is 12.1 Å². The average Bonchev–Trinajstić information content (AvgIpc) is 3.33. The first-order valence-electron chi connectivity index (χ1n) is 10.6. The lowest BCUT2D eigenvalue weighted by atomic mass is 10.2. The van der Waals surface area contributed by atoms with Crippen LogP contribution >= 0.6 is 0 Å². The Bertz CT molecular complexity index is 1270. The van der Waals surface area contributed by atoms with E-state index in [1.807, 2.05) is 67.6 Å². The first-order chi connectivity index (χ1) is 16.6. The molecule has 0 bridgehead atoms. The van der Waals surface area contributed by atoms with Crippen molar-refractivity contribution in [3.63, 3.8) is 0 Å². The summed E-state index contributed by atoms with van der Waals surface area (Å²) in [5.74, 6) is 1.27. The van der Waals surface area contributed by atoms with Crippen molar-refractivity contribution in [1.29, 1.82) is 0 Å². The average molecular weight is 457 g/mol. The zero-order chi connectivity index (χ0) is 23.8. The van der Waals surface area contributed by atoms with Crippen molar-refractivity contribution < 1.29 is 14.3 Å². The summed E-state index contributed by atoms with van der Waals surface area (Å²) in [6, 6.07) is 23.0. The lowest BCUT2D eigenvalue weighted by molar-refractivity contribution is -0.122. The zero-order valence-electron chi connectivity index (χ0n) is 18.9. The number of hydrogen-bond donors (Lipinski definition) is 1. The van der Waals surface area contributed by atoms with E-state index in [4.69, 9.17) is 9.47 Å². The monoisotopic (exact) mass is 456 g/mol. The molecule has 0 fully saturated rings. The number of carbonyl (C=O) groups excluding carboxylic acids is 1. The summed E-state index contributed by atoms with van der Waals surface area (Å²) in [6.45, 7) is 2.37. The largest absolute Gasteiger partial charge is 0.493 e. The number of methoxy groups -OCH3 is 1. The molecule has 1 heterocycles. The number of nitrogens with zero attached hydrogens (tertiary/aromatic N) is 5. The van der Waals surface area contributed by atoms with Crippen molar-refractivity contribution in [2.45, 2.75) is 20.1 Å². The third-order valence-electron chi connectivity index (χ3n) is 4.88. The van der Waals surface area contributed by atoms with Gasteiger partial charge in [0.15, 0.2) is 11.5 Å². The van der Waals surface area contributed by atoms with Crippen LogP contribution in [0.15, 0.2) is 77.9 Å². The summed E-state index contributed by atoms with van der Waals surface area (Å²) < 4.78 is 11.3. The second-order valence-electron chi connectivity index (χ2n) is 7.49. The van der Waals surface area contributed by atoms with Crippen molar-refractivity contribution in [1.82, 2.24) is 25.6 Å². The van der Waals surface area contributed by atoms with Gasteiger partial charge in [0.1, 0.15) is 13.2 Å². The van der Waals surface area contributed by atoms with Gasteiger partial charge in [-0.3, -0.25) is 4.79 Å². The molecule has 9 heteroatoms. The highest BCUT2D eigenvalue weighted by atomic mass is 16.5. The molecule has 9 nitrogen and oxygen atoms in total. The number of amides is 1. The van der Waals surface area contributed by atoms with E-state index in [9.17, 15) is 4.79 Å². The Labute approximate surface area is 197 Å². The van der Waals surface area contributed by atoms with Gasteiger partial charge >= 0.3 is 0 Å². The third-order valence-corrected chi connectivity index (χ3v) is 4.88. The van der Waals surface area contributed by atoms with Gasteiger partial charge in [-0.25, -0.2) is 5.43 Å². The predicted octanol–water partition coefficient (Wildman–Crippen LogP) is 3.39. The van der Waals surface area contributed by atoms with Crippen molar-refractivity contribution in [3.8, 4) is 22.9 Å². The number of carbonyl (C=O) groups is 1. The number of hydrogen-bond acceptors (Lipinski definition) is 7. The van der Waals surface area contributed by atoms with Gasteiger partial charge in [-0.1, -0.05) is 60.2 Å². The molecule has 1 aromatic heterocycles. The van der Waals surface area contributed by atoms with E-state index in [-0.39, 0.29) is 12.5 Å². The molecule has 0 spiro atoms. The molecule has 172 valence electrons. The van der Waals surface area contributed by atoms with Crippen LogP contribution < -0.4 is 14.9 Å². The Hall–Kier alpha value is -4.53. The van der Waals surface area contributed by atoms with Crippen molar-refractivity contribution in [3.05, 3.63) is 89.5 Å². The number of ether oxygens (including phenoxy) is 2. The van der Waals surface area contributed by atoms with Crippen molar-refractivity contribution in [2.75, 3.05) is 7.11 Å². The minimum atomic E-state index is -0.377. The lowest BCUT2D eigenvalue weighted by Gasteiger charge is -2.11. The van der Waals surface area contributed by atoms with Crippen LogP contribution in [0.4, 0.5) is 0 Å². The molecule has 0 atom stereocenters. The lowest BCUT2D eigenvalue weighted by Crippen LogP contribution is -2.24. The number of rotatable bonds is 9. The molecule has 3 aromatic carbocycles. The summed E-state index contributed by atoms with van der Waals surface area (Å²) in [7, 11) is 1.57. The number of aromatic nitrogens is 4. The number of tetrazole rings is 1.